The van der Waals surface area contributed by atoms with Crippen molar-refractivity contribution in [2.45, 2.75) is 13.8 Å². The molecule has 0 atom stereocenters. The first-order valence-electron chi connectivity index (χ1n) is 10.7. The normalized spacial score (nSPS) is 14.5. The van der Waals surface area contributed by atoms with Crippen molar-refractivity contribution in [3.8, 4) is 24.2 Å². The Kier molecular flexibility index (Phi) is 7.03. The number of thiophene rings is 1. The smallest absolute Gasteiger partial charge is 0.162 e. The molecule has 1 fully saturated rings. The predicted octanol–water partition coefficient (Wildman–Crippen LogP) is 5.21. The molecule has 1 aliphatic heterocycles. The maximum absolute atomic E-state index is 5.57. The van der Waals surface area contributed by atoms with Crippen molar-refractivity contribution in [2.24, 2.45) is 0 Å². The Morgan fingerprint density at radius 3 is 2.85 bits per heavy atom. The molecule has 0 amide bonds. The van der Waals surface area contributed by atoms with Crippen LogP contribution in [0.3, 0.4) is 0 Å². The second-order valence-electron chi connectivity index (χ2n) is 7.43. The number of aromatic amines is 1. The van der Waals surface area contributed by atoms with E-state index >= 15 is 0 Å². The van der Waals surface area contributed by atoms with Crippen LogP contribution in [0.2, 0.25) is 0 Å². The van der Waals surface area contributed by atoms with Gasteiger partial charge in [-0.05, 0) is 32.1 Å². The largest absolute Gasteiger partial charge is 0.378 e. The van der Waals surface area contributed by atoms with Gasteiger partial charge in [-0.3, -0.25) is 5.10 Å². The molecule has 168 valence electrons. The molecule has 2 N–H and O–H groups in total. The third kappa shape index (κ3) is 4.75. The van der Waals surface area contributed by atoms with Crippen LogP contribution in [0.25, 0.3) is 32.5 Å². The molecular weight excluding hydrogens is 432 g/mol. The zero-order valence-corrected chi connectivity index (χ0v) is 19.5. The number of hydrogen-bond acceptors (Lipinski definition) is 7. The zero-order valence-electron chi connectivity index (χ0n) is 18.7. The van der Waals surface area contributed by atoms with Crippen molar-refractivity contribution in [3.63, 3.8) is 0 Å². The van der Waals surface area contributed by atoms with Crippen LogP contribution >= 0.6 is 11.3 Å². The van der Waals surface area contributed by atoms with Crippen molar-refractivity contribution in [1.82, 2.24) is 20.2 Å². The lowest BCUT2D eigenvalue weighted by atomic mass is 10.1. The summed E-state index contributed by atoms with van der Waals surface area (Å²) < 4.78 is 6.66. The maximum Gasteiger partial charge on any atom is 0.162 e. The molecular formula is C25H26N6OS. The standard InChI is InChI=1S/C23H24N6OS.C2H2/c1-3-4-6-15(2)25-20-13-19-21(31-20)23(29-9-11-30-12-10-29)27-22(26-19)16-7-5-8-18-17(16)14-24-28-18;1-2/h3-8,13-14,25H,9-12H2,1-2H3,(H,24,28);1-2H/b4-3-,15-6+;. The van der Waals surface area contributed by atoms with Crippen molar-refractivity contribution >= 4 is 43.3 Å². The number of ether oxygens (including phenoxy) is 1. The topological polar surface area (TPSA) is 79.0 Å². The number of aromatic nitrogens is 4. The number of anilines is 2. The lowest BCUT2D eigenvalue weighted by molar-refractivity contribution is 0.122. The van der Waals surface area contributed by atoms with Gasteiger partial charge in [0.15, 0.2) is 11.6 Å². The van der Waals surface area contributed by atoms with E-state index < -0.39 is 0 Å². The minimum absolute atomic E-state index is 0.708. The van der Waals surface area contributed by atoms with Gasteiger partial charge in [0.25, 0.3) is 0 Å². The molecule has 8 heteroatoms. The lowest BCUT2D eigenvalue weighted by Crippen LogP contribution is -2.36. The minimum atomic E-state index is 0.708. The van der Waals surface area contributed by atoms with Crippen LogP contribution in [0.1, 0.15) is 13.8 Å². The summed E-state index contributed by atoms with van der Waals surface area (Å²) in [6, 6.07) is 8.18. The quantitative estimate of drug-likeness (QED) is 0.316. The van der Waals surface area contributed by atoms with Crippen LogP contribution in [-0.2, 0) is 4.74 Å². The number of allylic oxidation sites excluding steroid dienone is 4. The highest BCUT2D eigenvalue weighted by atomic mass is 32.1. The molecule has 0 saturated carbocycles. The summed E-state index contributed by atoms with van der Waals surface area (Å²) in [5.41, 5.74) is 3.98. The van der Waals surface area contributed by atoms with Crippen LogP contribution in [0.15, 0.2) is 54.4 Å². The number of fused-ring (bicyclic) bond motifs is 2. The Balaban J connectivity index is 0.00000126. The molecule has 1 saturated heterocycles. The number of H-pyrrole nitrogens is 1. The van der Waals surface area contributed by atoms with Gasteiger partial charge < -0.3 is 15.0 Å². The fraction of sp³-hybridized carbons (Fsp3) is 0.240. The Morgan fingerprint density at radius 1 is 1.24 bits per heavy atom. The summed E-state index contributed by atoms with van der Waals surface area (Å²) in [7, 11) is 0. The van der Waals surface area contributed by atoms with E-state index in [1.165, 1.54) is 0 Å². The van der Waals surface area contributed by atoms with Gasteiger partial charge in [-0.15, -0.1) is 24.2 Å². The van der Waals surface area contributed by atoms with E-state index in [2.05, 4.69) is 58.4 Å². The van der Waals surface area contributed by atoms with Crippen molar-refractivity contribution in [3.05, 3.63) is 54.4 Å². The molecule has 1 aliphatic rings. The fourth-order valence-electron chi connectivity index (χ4n) is 3.73. The van der Waals surface area contributed by atoms with Crippen LogP contribution in [0.5, 0.6) is 0 Å². The maximum atomic E-state index is 5.57. The van der Waals surface area contributed by atoms with Crippen molar-refractivity contribution in [1.29, 1.82) is 0 Å². The first-order chi connectivity index (χ1) is 16.2. The highest BCUT2D eigenvalue weighted by molar-refractivity contribution is 7.23. The van der Waals surface area contributed by atoms with E-state index in [0.717, 1.165) is 56.3 Å². The molecule has 4 heterocycles. The monoisotopic (exact) mass is 458 g/mol. The Hall–Kier alpha value is -3.67. The van der Waals surface area contributed by atoms with E-state index in [1.54, 1.807) is 11.3 Å². The van der Waals surface area contributed by atoms with Gasteiger partial charge in [-0.2, -0.15) is 5.10 Å². The summed E-state index contributed by atoms with van der Waals surface area (Å²) in [4.78, 5) is 12.3. The summed E-state index contributed by atoms with van der Waals surface area (Å²) in [5, 5.41) is 12.8. The number of nitrogens with zero attached hydrogens (tertiary/aromatic N) is 4. The van der Waals surface area contributed by atoms with Gasteiger partial charge in [-0.1, -0.05) is 24.3 Å². The fourth-order valence-corrected chi connectivity index (χ4v) is 4.80. The van der Waals surface area contributed by atoms with Gasteiger partial charge in [0.05, 0.1) is 40.1 Å². The van der Waals surface area contributed by atoms with Gasteiger partial charge in [0, 0.05) is 29.7 Å². The van der Waals surface area contributed by atoms with E-state index in [1.807, 2.05) is 37.4 Å². The van der Waals surface area contributed by atoms with E-state index in [4.69, 9.17) is 14.7 Å². The number of benzene rings is 1. The van der Waals surface area contributed by atoms with Gasteiger partial charge in [0.1, 0.15) is 0 Å². The summed E-state index contributed by atoms with van der Waals surface area (Å²) in [6.07, 6.45) is 15.9. The summed E-state index contributed by atoms with van der Waals surface area (Å²) in [6.45, 7) is 7.13. The van der Waals surface area contributed by atoms with Gasteiger partial charge >= 0.3 is 0 Å². The van der Waals surface area contributed by atoms with E-state index in [-0.39, 0.29) is 0 Å². The molecule has 0 radical (unpaired) electrons. The Bertz CT molecular complexity index is 1330. The molecule has 0 aliphatic carbocycles. The third-order valence-electron chi connectivity index (χ3n) is 5.25. The first-order valence-corrected chi connectivity index (χ1v) is 11.5. The molecule has 1 aromatic carbocycles. The zero-order chi connectivity index (χ0) is 23.2. The number of morpholine rings is 1. The second kappa shape index (κ2) is 10.3. The molecule has 0 unspecified atom stereocenters. The van der Waals surface area contributed by atoms with Crippen LogP contribution in [0.4, 0.5) is 10.8 Å². The van der Waals surface area contributed by atoms with Gasteiger partial charge in [0.2, 0.25) is 0 Å². The number of terminal acetylenes is 1. The molecule has 5 rings (SSSR count). The summed E-state index contributed by atoms with van der Waals surface area (Å²) in [5.74, 6) is 1.68. The van der Waals surface area contributed by atoms with E-state index in [0.29, 0.717) is 19.0 Å². The first kappa shape index (κ1) is 22.5. The molecule has 3 aromatic heterocycles. The summed E-state index contributed by atoms with van der Waals surface area (Å²) >= 11 is 1.69. The van der Waals surface area contributed by atoms with Crippen molar-refractivity contribution < 1.29 is 4.74 Å². The Labute approximate surface area is 197 Å². The average molecular weight is 459 g/mol. The Morgan fingerprint density at radius 2 is 2.06 bits per heavy atom. The van der Waals surface area contributed by atoms with Gasteiger partial charge in [-0.25, -0.2) is 9.97 Å². The highest BCUT2D eigenvalue weighted by Crippen LogP contribution is 2.38. The van der Waals surface area contributed by atoms with E-state index in [9.17, 15) is 0 Å². The number of hydrogen-bond donors (Lipinski definition) is 2. The SMILES string of the molecule is C#C.C/C=C\C=C(/C)Nc1cc2nc(-c3cccc4[nH]ncc34)nc(N3CCOCC3)c2s1. The highest BCUT2D eigenvalue weighted by Gasteiger charge is 2.21. The predicted molar refractivity (Wildman–Crippen MR) is 138 cm³/mol. The number of rotatable bonds is 5. The molecule has 0 bridgehead atoms. The molecule has 4 aromatic rings. The molecule has 0 spiro atoms. The third-order valence-corrected chi connectivity index (χ3v) is 6.28. The number of nitrogens with one attached hydrogen (secondary N) is 2. The van der Waals surface area contributed by atoms with Crippen molar-refractivity contribution in [2.75, 3.05) is 36.5 Å². The second-order valence-corrected chi connectivity index (χ2v) is 8.48. The molecule has 7 nitrogen and oxygen atoms in total. The van der Waals surface area contributed by atoms with Crippen LogP contribution < -0.4 is 10.2 Å². The molecule has 33 heavy (non-hydrogen) atoms. The average Bonchev–Trinajstić information content (AvgIpc) is 3.50. The minimum Gasteiger partial charge on any atom is -0.378 e. The van der Waals surface area contributed by atoms with Crippen LogP contribution in [0, 0.1) is 12.8 Å². The lowest BCUT2D eigenvalue weighted by Gasteiger charge is -2.28. The van der Waals surface area contributed by atoms with Crippen LogP contribution in [-0.4, -0.2) is 46.5 Å².